The van der Waals surface area contributed by atoms with Gasteiger partial charge in [-0.1, -0.05) is 0 Å². The van der Waals surface area contributed by atoms with Gasteiger partial charge < -0.3 is 15.0 Å². The SMILES string of the molecule is CC(C)(C)n1ccc(-c2nc(CC(N)=O)nn2C2CCOC2)c1. The van der Waals surface area contributed by atoms with E-state index in [0.717, 1.165) is 24.4 Å². The van der Waals surface area contributed by atoms with Crippen molar-refractivity contribution in [3.8, 4) is 11.4 Å². The minimum Gasteiger partial charge on any atom is -0.379 e. The lowest BCUT2D eigenvalue weighted by atomic mass is 10.1. The smallest absolute Gasteiger partial charge is 0.225 e. The Morgan fingerprint density at radius 3 is 2.83 bits per heavy atom. The molecule has 1 fully saturated rings. The fourth-order valence-electron chi connectivity index (χ4n) is 2.71. The molecule has 0 spiro atoms. The molecule has 1 unspecified atom stereocenters. The highest BCUT2D eigenvalue weighted by Crippen LogP contribution is 2.27. The van der Waals surface area contributed by atoms with Crippen LogP contribution in [0.1, 0.15) is 39.1 Å². The van der Waals surface area contributed by atoms with E-state index in [1.54, 1.807) is 0 Å². The van der Waals surface area contributed by atoms with Crippen molar-refractivity contribution in [1.82, 2.24) is 19.3 Å². The van der Waals surface area contributed by atoms with E-state index in [-0.39, 0.29) is 18.0 Å². The van der Waals surface area contributed by atoms with E-state index in [2.05, 4.69) is 41.6 Å². The summed E-state index contributed by atoms with van der Waals surface area (Å²) in [6.07, 6.45) is 5.04. The average Bonchev–Trinajstić information content (AvgIpc) is 3.17. The van der Waals surface area contributed by atoms with Crippen molar-refractivity contribution in [1.29, 1.82) is 0 Å². The summed E-state index contributed by atoms with van der Waals surface area (Å²) in [5.41, 5.74) is 6.26. The lowest BCUT2D eigenvalue weighted by Gasteiger charge is -2.20. The van der Waals surface area contributed by atoms with Crippen molar-refractivity contribution in [3.05, 3.63) is 24.3 Å². The Hall–Kier alpha value is -2.15. The number of hydrogen-bond acceptors (Lipinski definition) is 4. The largest absolute Gasteiger partial charge is 0.379 e. The van der Waals surface area contributed by atoms with Gasteiger partial charge in [0.25, 0.3) is 0 Å². The quantitative estimate of drug-likeness (QED) is 0.925. The van der Waals surface area contributed by atoms with Gasteiger partial charge in [-0.25, -0.2) is 9.67 Å². The fraction of sp³-hybridized carbons (Fsp3) is 0.562. The van der Waals surface area contributed by atoms with E-state index in [0.29, 0.717) is 12.4 Å². The van der Waals surface area contributed by atoms with Crippen LogP contribution >= 0.6 is 0 Å². The third kappa shape index (κ3) is 3.29. The molecule has 3 heterocycles. The number of ether oxygens (including phenoxy) is 1. The Balaban J connectivity index is 2.00. The molecule has 2 aromatic rings. The van der Waals surface area contributed by atoms with Crippen LogP contribution in [0.2, 0.25) is 0 Å². The Kier molecular flexibility index (Phi) is 3.97. The lowest BCUT2D eigenvalue weighted by molar-refractivity contribution is -0.117. The summed E-state index contributed by atoms with van der Waals surface area (Å²) in [6, 6.07) is 2.17. The molecule has 1 aliphatic rings. The van der Waals surface area contributed by atoms with E-state index in [9.17, 15) is 4.79 Å². The van der Waals surface area contributed by atoms with Gasteiger partial charge in [0.15, 0.2) is 11.6 Å². The maximum Gasteiger partial charge on any atom is 0.225 e. The topological polar surface area (TPSA) is 88.0 Å². The van der Waals surface area contributed by atoms with Crippen molar-refractivity contribution in [3.63, 3.8) is 0 Å². The molecule has 124 valence electrons. The third-order valence-corrected chi connectivity index (χ3v) is 3.98. The van der Waals surface area contributed by atoms with Gasteiger partial charge in [-0.2, -0.15) is 5.10 Å². The molecule has 3 rings (SSSR count). The fourth-order valence-corrected chi connectivity index (χ4v) is 2.71. The zero-order chi connectivity index (χ0) is 16.6. The maximum absolute atomic E-state index is 11.2. The van der Waals surface area contributed by atoms with Gasteiger partial charge in [0.1, 0.15) is 0 Å². The summed E-state index contributed by atoms with van der Waals surface area (Å²) in [4.78, 5) is 15.7. The first-order valence-corrected chi connectivity index (χ1v) is 7.85. The van der Waals surface area contributed by atoms with Gasteiger partial charge in [0, 0.05) is 30.1 Å². The molecule has 1 saturated heterocycles. The maximum atomic E-state index is 11.2. The van der Waals surface area contributed by atoms with Crippen LogP contribution < -0.4 is 5.73 Å². The number of amides is 1. The first-order chi connectivity index (χ1) is 10.8. The summed E-state index contributed by atoms with van der Waals surface area (Å²) in [5.74, 6) is 0.797. The zero-order valence-electron chi connectivity index (χ0n) is 13.8. The summed E-state index contributed by atoms with van der Waals surface area (Å²) in [7, 11) is 0. The minimum atomic E-state index is -0.427. The normalized spacial score (nSPS) is 18.5. The first-order valence-electron chi connectivity index (χ1n) is 7.85. The van der Waals surface area contributed by atoms with Crippen LogP contribution in [-0.2, 0) is 21.5 Å². The van der Waals surface area contributed by atoms with Crippen LogP contribution in [0, 0.1) is 0 Å². The van der Waals surface area contributed by atoms with Crippen LogP contribution in [-0.4, -0.2) is 38.5 Å². The summed E-state index contributed by atoms with van der Waals surface area (Å²) < 4.78 is 9.49. The number of nitrogens with two attached hydrogens (primary N) is 1. The molecule has 0 bridgehead atoms. The highest BCUT2D eigenvalue weighted by Gasteiger charge is 2.25. The van der Waals surface area contributed by atoms with Gasteiger partial charge in [-0.15, -0.1) is 0 Å². The predicted molar refractivity (Wildman–Crippen MR) is 85.8 cm³/mol. The molecule has 1 aliphatic heterocycles. The molecule has 23 heavy (non-hydrogen) atoms. The Labute approximate surface area is 135 Å². The molecule has 1 amide bonds. The van der Waals surface area contributed by atoms with Crippen LogP contribution in [0.5, 0.6) is 0 Å². The van der Waals surface area contributed by atoms with Gasteiger partial charge >= 0.3 is 0 Å². The number of carbonyl (C=O) groups excluding carboxylic acids is 1. The molecule has 0 radical (unpaired) electrons. The summed E-state index contributed by atoms with van der Waals surface area (Å²) in [6.45, 7) is 7.77. The number of rotatable bonds is 4. The molecule has 7 heteroatoms. The van der Waals surface area contributed by atoms with Gasteiger partial charge in [-0.3, -0.25) is 4.79 Å². The van der Waals surface area contributed by atoms with Crippen molar-refractivity contribution < 1.29 is 9.53 Å². The van der Waals surface area contributed by atoms with E-state index in [4.69, 9.17) is 10.5 Å². The Morgan fingerprint density at radius 2 is 2.26 bits per heavy atom. The standard InChI is InChI=1S/C16H23N5O2/c1-16(2,3)20-6-4-11(9-20)15-18-14(8-13(17)22)19-21(15)12-5-7-23-10-12/h4,6,9,12H,5,7-8,10H2,1-3H3,(H2,17,22). The number of nitrogens with zero attached hydrogens (tertiary/aromatic N) is 4. The Bertz CT molecular complexity index is 704. The second-order valence-corrected chi connectivity index (χ2v) is 6.93. The first kappa shape index (κ1) is 15.7. The van der Waals surface area contributed by atoms with E-state index in [1.807, 2.05) is 16.9 Å². The van der Waals surface area contributed by atoms with Crippen molar-refractivity contribution >= 4 is 5.91 Å². The molecule has 2 N–H and O–H groups in total. The zero-order valence-corrected chi connectivity index (χ0v) is 13.8. The van der Waals surface area contributed by atoms with E-state index >= 15 is 0 Å². The van der Waals surface area contributed by atoms with Crippen LogP contribution in [0.25, 0.3) is 11.4 Å². The lowest BCUT2D eigenvalue weighted by Crippen LogP contribution is -2.19. The molecule has 7 nitrogen and oxygen atoms in total. The van der Waals surface area contributed by atoms with E-state index < -0.39 is 5.91 Å². The second-order valence-electron chi connectivity index (χ2n) is 6.93. The van der Waals surface area contributed by atoms with Gasteiger partial charge in [0.05, 0.1) is 19.1 Å². The van der Waals surface area contributed by atoms with Gasteiger partial charge in [0.2, 0.25) is 5.91 Å². The molecule has 0 aliphatic carbocycles. The van der Waals surface area contributed by atoms with E-state index in [1.165, 1.54) is 0 Å². The number of primary amides is 1. The molecule has 2 aromatic heterocycles. The highest BCUT2D eigenvalue weighted by atomic mass is 16.5. The molecular weight excluding hydrogens is 294 g/mol. The number of aromatic nitrogens is 4. The van der Waals surface area contributed by atoms with Crippen molar-refractivity contribution in [2.45, 2.75) is 45.2 Å². The molecule has 0 saturated carbocycles. The Morgan fingerprint density at radius 1 is 1.48 bits per heavy atom. The number of hydrogen-bond donors (Lipinski definition) is 1. The molecular formula is C16H23N5O2. The average molecular weight is 317 g/mol. The van der Waals surface area contributed by atoms with Crippen LogP contribution in [0.3, 0.4) is 0 Å². The minimum absolute atomic E-state index is 0.00434. The molecule has 0 aromatic carbocycles. The monoisotopic (exact) mass is 317 g/mol. The van der Waals surface area contributed by atoms with Crippen molar-refractivity contribution in [2.75, 3.05) is 13.2 Å². The third-order valence-electron chi connectivity index (χ3n) is 3.98. The second kappa shape index (κ2) is 5.81. The van der Waals surface area contributed by atoms with Gasteiger partial charge in [-0.05, 0) is 33.3 Å². The highest BCUT2D eigenvalue weighted by molar-refractivity contribution is 5.75. The number of carbonyl (C=O) groups is 1. The predicted octanol–water partition coefficient (Wildman–Crippen LogP) is 1.49. The summed E-state index contributed by atoms with van der Waals surface area (Å²) >= 11 is 0. The van der Waals surface area contributed by atoms with Crippen molar-refractivity contribution in [2.24, 2.45) is 5.73 Å². The summed E-state index contributed by atoms with van der Waals surface area (Å²) in [5, 5.41) is 4.50. The van der Waals surface area contributed by atoms with Crippen LogP contribution in [0.15, 0.2) is 18.5 Å². The molecule has 1 atom stereocenters. The van der Waals surface area contributed by atoms with Crippen LogP contribution in [0.4, 0.5) is 0 Å².